The van der Waals surface area contributed by atoms with Gasteiger partial charge in [-0.1, -0.05) is 38.1 Å². The van der Waals surface area contributed by atoms with E-state index in [4.69, 9.17) is 0 Å². The summed E-state index contributed by atoms with van der Waals surface area (Å²) in [6.07, 6.45) is 0. The molecular weight excluding hydrogens is 294 g/mol. The van der Waals surface area contributed by atoms with Crippen molar-refractivity contribution in [3.8, 4) is 10.6 Å². The van der Waals surface area contributed by atoms with Crippen LogP contribution in [0.1, 0.15) is 35.8 Å². The van der Waals surface area contributed by atoms with Gasteiger partial charge in [0.1, 0.15) is 10.7 Å². The van der Waals surface area contributed by atoms with Crippen molar-refractivity contribution in [2.75, 3.05) is 19.6 Å². The number of nitrogens with zero attached hydrogens (tertiary/aromatic N) is 1. The lowest BCUT2D eigenvalue weighted by Crippen LogP contribution is -2.48. The van der Waals surface area contributed by atoms with E-state index in [-0.39, 0.29) is 5.91 Å². The first-order valence-corrected chi connectivity index (χ1v) is 8.56. The Hall–Kier alpha value is -1.72. The molecule has 4 nitrogen and oxygen atoms in total. The van der Waals surface area contributed by atoms with E-state index in [9.17, 15) is 4.79 Å². The maximum atomic E-state index is 12.1. The van der Waals surface area contributed by atoms with Crippen LogP contribution in [0.25, 0.3) is 10.6 Å². The molecule has 1 fully saturated rings. The second kappa shape index (κ2) is 6.58. The summed E-state index contributed by atoms with van der Waals surface area (Å²) in [7, 11) is 0. The molecule has 0 atom stereocenters. The standard InChI is InChI=1S/C17H21N3OS/c1-11(2)13-3-5-14(6-4-13)17-20-15(10-22-17)16(21)19-9-12-7-18-8-12/h3-6,10-12,18H,7-9H2,1-2H3,(H,19,21). The summed E-state index contributed by atoms with van der Waals surface area (Å²) in [5.74, 6) is 1.01. The SMILES string of the molecule is CC(C)c1ccc(-c2nc(C(=O)NCC3CNC3)cs2)cc1. The highest BCUT2D eigenvalue weighted by atomic mass is 32.1. The monoisotopic (exact) mass is 315 g/mol. The minimum absolute atomic E-state index is 0.0757. The predicted molar refractivity (Wildman–Crippen MR) is 90.3 cm³/mol. The minimum atomic E-state index is -0.0757. The van der Waals surface area contributed by atoms with Gasteiger partial charge in [-0.05, 0) is 11.5 Å². The first kappa shape index (κ1) is 15.2. The van der Waals surface area contributed by atoms with Gasteiger partial charge in [0.25, 0.3) is 5.91 Å². The van der Waals surface area contributed by atoms with Crippen molar-refractivity contribution in [2.24, 2.45) is 5.92 Å². The van der Waals surface area contributed by atoms with E-state index < -0.39 is 0 Å². The number of nitrogens with one attached hydrogen (secondary N) is 2. The van der Waals surface area contributed by atoms with Crippen LogP contribution in [0.3, 0.4) is 0 Å². The third-order valence-corrected chi connectivity index (χ3v) is 4.87. The number of hydrogen-bond donors (Lipinski definition) is 2. The molecule has 0 aliphatic carbocycles. The fraction of sp³-hybridized carbons (Fsp3) is 0.412. The van der Waals surface area contributed by atoms with E-state index in [0.29, 0.717) is 17.5 Å². The Kier molecular flexibility index (Phi) is 4.55. The van der Waals surface area contributed by atoms with E-state index in [2.05, 4.69) is 53.7 Å². The number of aromatic nitrogens is 1. The molecule has 1 aromatic carbocycles. The van der Waals surface area contributed by atoms with Crippen LogP contribution in [0.15, 0.2) is 29.6 Å². The molecule has 5 heteroatoms. The smallest absolute Gasteiger partial charge is 0.270 e. The van der Waals surface area contributed by atoms with Crippen LogP contribution in [0, 0.1) is 5.92 Å². The summed E-state index contributed by atoms with van der Waals surface area (Å²) in [5.41, 5.74) is 2.89. The molecule has 2 heterocycles. The Labute approximate surface area is 135 Å². The molecule has 1 amide bonds. The van der Waals surface area contributed by atoms with Crippen molar-refractivity contribution >= 4 is 17.2 Å². The minimum Gasteiger partial charge on any atom is -0.350 e. The topological polar surface area (TPSA) is 54.0 Å². The fourth-order valence-corrected chi connectivity index (χ4v) is 3.15. The fourth-order valence-electron chi connectivity index (χ4n) is 2.34. The van der Waals surface area contributed by atoms with Gasteiger partial charge in [-0.15, -0.1) is 11.3 Å². The molecule has 0 radical (unpaired) electrons. The molecule has 2 N–H and O–H groups in total. The number of hydrogen-bond acceptors (Lipinski definition) is 4. The summed E-state index contributed by atoms with van der Waals surface area (Å²) in [6, 6.07) is 8.42. The molecule has 1 aliphatic heterocycles. The molecule has 22 heavy (non-hydrogen) atoms. The highest BCUT2D eigenvalue weighted by molar-refractivity contribution is 7.13. The predicted octanol–water partition coefficient (Wildman–Crippen LogP) is 2.88. The first-order valence-electron chi connectivity index (χ1n) is 7.68. The molecule has 1 aromatic heterocycles. The molecular formula is C17H21N3OS. The Balaban J connectivity index is 1.65. The van der Waals surface area contributed by atoms with Crippen LogP contribution in [0.4, 0.5) is 0 Å². The van der Waals surface area contributed by atoms with Crippen LogP contribution >= 0.6 is 11.3 Å². The van der Waals surface area contributed by atoms with Crippen LogP contribution in [-0.2, 0) is 0 Å². The number of amides is 1. The first-order chi connectivity index (χ1) is 10.6. The highest BCUT2D eigenvalue weighted by Crippen LogP contribution is 2.25. The van der Waals surface area contributed by atoms with Crippen LogP contribution in [0.2, 0.25) is 0 Å². The molecule has 1 saturated heterocycles. The average molecular weight is 315 g/mol. The van der Waals surface area contributed by atoms with Gasteiger partial charge in [-0.3, -0.25) is 4.79 Å². The number of carbonyl (C=O) groups excluding carboxylic acids is 1. The normalized spacial score (nSPS) is 14.9. The van der Waals surface area contributed by atoms with Crippen LogP contribution in [0.5, 0.6) is 0 Å². The van der Waals surface area contributed by atoms with Gasteiger partial charge in [0, 0.05) is 36.5 Å². The summed E-state index contributed by atoms with van der Waals surface area (Å²) in [6.45, 7) is 7.06. The lowest BCUT2D eigenvalue weighted by molar-refractivity contribution is 0.0938. The number of rotatable bonds is 5. The molecule has 0 spiro atoms. The third kappa shape index (κ3) is 3.36. The molecule has 1 aliphatic rings. The van der Waals surface area contributed by atoms with Crippen LogP contribution < -0.4 is 10.6 Å². The van der Waals surface area contributed by atoms with Gasteiger partial charge in [0.2, 0.25) is 0 Å². The van der Waals surface area contributed by atoms with Gasteiger partial charge in [-0.25, -0.2) is 4.98 Å². The quantitative estimate of drug-likeness (QED) is 0.892. The highest BCUT2D eigenvalue weighted by Gasteiger charge is 2.18. The van der Waals surface area contributed by atoms with Gasteiger partial charge in [0.05, 0.1) is 0 Å². The van der Waals surface area contributed by atoms with E-state index in [1.807, 2.05) is 5.38 Å². The summed E-state index contributed by atoms with van der Waals surface area (Å²) < 4.78 is 0. The molecule has 3 rings (SSSR count). The summed E-state index contributed by atoms with van der Waals surface area (Å²) in [5, 5.41) is 8.88. The Morgan fingerprint density at radius 2 is 2.09 bits per heavy atom. The number of carbonyl (C=O) groups is 1. The van der Waals surface area contributed by atoms with Gasteiger partial charge >= 0.3 is 0 Å². The Morgan fingerprint density at radius 3 is 2.68 bits per heavy atom. The van der Waals surface area contributed by atoms with Crippen molar-refractivity contribution in [2.45, 2.75) is 19.8 Å². The van der Waals surface area contributed by atoms with Crippen LogP contribution in [-0.4, -0.2) is 30.5 Å². The second-order valence-corrected chi connectivity index (χ2v) is 6.91. The zero-order valence-electron chi connectivity index (χ0n) is 12.9. The Bertz CT molecular complexity index is 644. The summed E-state index contributed by atoms with van der Waals surface area (Å²) >= 11 is 1.51. The lowest BCUT2D eigenvalue weighted by atomic mass is 10.0. The zero-order chi connectivity index (χ0) is 15.5. The van der Waals surface area contributed by atoms with Crippen molar-refractivity contribution in [3.05, 3.63) is 40.9 Å². The average Bonchev–Trinajstić information content (AvgIpc) is 2.95. The van der Waals surface area contributed by atoms with Gasteiger partial charge in [-0.2, -0.15) is 0 Å². The molecule has 2 aromatic rings. The summed E-state index contributed by atoms with van der Waals surface area (Å²) in [4.78, 5) is 16.6. The van der Waals surface area contributed by atoms with E-state index >= 15 is 0 Å². The second-order valence-electron chi connectivity index (χ2n) is 6.05. The third-order valence-electron chi connectivity index (χ3n) is 3.98. The zero-order valence-corrected chi connectivity index (χ0v) is 13.7. The van der Waals surface area contributed by atoms with Crippen molar-refractivity contribution in [1.82, 2.24) is 15.6 Å². The Morgan fingerprint density at radius 1 is 1.36 bits per heavy atom. The molecule has 0 saturated carbocycles. The molecule has 116 valence electrons. The molecule has 0 unspecified atom stereocenters. The van der Waals surface area contributed by atoms with Crippen molar-refractivity contribution in [1.29, 1.82) is 0 Å². The molecule has 0 bridgehead atoms. The van der Waals surface area contributed by atoms with Crippen molar-refractivity contribution in [3.63, 3.8) is 0 Å². The maximum Gasteiger partial charge on any atom is 0.270 e. The van der Waals surface area contributed by atoms with E-state index in [0.717, 1.165) is 30.2 Å². The number of benzene rings is 1. The van der Waals surface area contributed by atoms with Crippen molar-refractivity contribution < 1.29 is 4.79 Å². The van der Waals surface area contributed by atoms with Gasteiger partial charge < -0.3 is 10.6 Å². The van der Waals surface area contributed by atoms with E-state index in [1.165, 1.54) is 16.9 Å². The lowest BCUT2D eigenvalue weighted by Gasteiger charge is -2.26. The largest absolute Gasteiger partial charge is 0.350 e. The van der Waals surface area contributed by atoms with Gasteiger partial charge in [0.15, 0.2) is 0 Å². The van der Waals surface area contributed by atoms with E-state index in [1.54, 1.807) is 0 Å². The number of thiazole rings is 1. The maximum absolute atomic E-state index is 12.1.